The van der Waals surface area contributed by atoms with Crippen LogP contribution in [0.4, 0.5) is 4.39 Å². The Balaban J connectivity index is 2.00. The highest BCUT2D eigenvalue weighted by Gasteiger charge is 2.37. The van der Waals surface area contributed by atoms with Gasteiger partial charge in [0.05, 0.1) is 0 Å². The summed E-state index contributed by atoms with van der Waals surface area (Å²) in [5, 5.41) is 8.73. The third-order valence-corrected chi connectivity index (χ3v) is 2.72. The van der Waals surface area contributed by atoms with Gasteiger partial charge in [0.1, 0.15) is 5.82 Å². The third-order valence-electron chi connectivity index (χ3n) is 2.72. The average Bonchev–Trinajstić information content (AvgIpc) is 2.86. The van der Waals surface area contributed by atoms with Crippen LogP contribution in [0, 0.1) is 11.7 Å². The minimum absolute atomic E-state index is 0.178. The molecule has 1 fully saturated rings. The zero-order valence-electron chi connectivity index (χ0n) is 7.41. The molecular weight excluding hydrogens is 167 g/mol. The van der Waals surface area contributed by atoms with E-state index < -0.39 is 0 Å². The van der Waals surface area contributed by atoms with E-state index in [1.54, 1.807) is 0 Å². The molecule has 1 nitrogen and oxygen atoms in total. The molecule has 0 aliphatic heterocycles. The van der Waals surface area contributed by atoms with Crippen molar-refractivity contribution in [1.82, 2.24) is 0 Å². The first-order valence-corrected chi connectivity index (χ1v) is 4.67. The molecule has 2 atom stereocenters. The van der Waals surface area contributed by atoms with E-state index in [4.69, 9.17) is 5.11 Å². The maximum atomic E-state index is 12.6. The molecule has 0 heterocycles. The van der Waals surface area contributed by atoms with E-state index in [0.717, 1.165) is 12.8 Å². The van der Waals surface area contributed by atoms with Gasteiger partial charge in [-0.2, -0.15) is 0 Å². The lowest BCUT2D eigenvalue weighted by atomic mass is 10.1. The van der Waals surface area contributed by atoms with Gasteiger partial charge < -0.3 is 5.11 Å². The number of hydrogen-bond donors (Lipinski definition) is 1. The summed E-state index contributed by atoms with van der Waals surface area (Å²) < 4.78 is 12.6. The Bertz CT molecular complexity index is 281. The van der Waals surface area contributed by atoms with Gasteiger partial charge in [0, 0.05) is 6.61 Å². The molecule has 0 saturated heterocycles. The van der Waals surface area contributed by atoms with Gasteiger partial charge in [-0.1, -0.05) is 12.1 Å². The zero-order valence-corrected chi connectivity index (χ0v) is 7.41. The van der Waals surface area contributed by atoms with Crippen molar-refractivity contribution in [2.24, 2.45) is 5.92 Å². The Kier molecular flexibility index (Phi) is 2.32. The molecule has 1 aliphatic rings. The molecular formula is C11H13FO. The van der Waals surface area contributed by atoms with E-state index in [2.05, 4.69) is 0 Å². The average molecular weight is 180 g/mol. The molecule has 70 valence electrons. The van der Waals surface area contributed by atoms with E-state index >= 15 is 0 Å². The smallest absolute Gasteiger partial charge is 0.123 e. The Morgan fingerprint density at radius 1 is 1.31 bits per heavy atom. The standard InChI is InChI=1S/C11H13FO/c12-10-3-1-8(2-4-10)11-7-9(11)5-6-13/h1-4,9,11,13H,5-7H2. The highest BCUT2D eigenvalue weighted by Crippen LogP contribution is 2.49. The van der Waals surface area contributed by atoms with Crippen molar-refractivity contribution in [3.8, 4) is 0 Å². The van der Waals surface area contributed by atoms with Gasteiger partial charge >= 0.3 is 0 Å². The second kappa shape index (κ2) is 3.46. The molecule has 1 aliphatic carbocycles. The second-order valence-corrected chi connectivity index (χ2v) is 3.67. The fraction of sp³-hybridized carbons (Fsp3) is 0.455. The van der Waals surface area contributed by atoms with Gasteiger partial charge in [0.15, 0.2) is 0 Å². The summed E-state index contributed by atoms with van der Waals surface area (Å²) in [6.07, 6.45) is 2.02. The molecule has 0 radical (unpaired) electrons. The van der Waals surface area contributed by atoms with Crippen LogP contribution >= 0.6 is 0 Å². The van der Waals surface area contributed by atoms with Crippen molar-refractivity contribution in [3.63, 3.8) is 0 Å². The van der Waals surface area contributed by atoms with Crippen molar-refractivity contribution < 1.29 is 9.50 Å². The zero-order chi connectivity index (χ0) is 9.26. The minimum Gasteiger partial charge on any atom is -0.396 e. The largest absolute Gasteiger partial charge is 0.396 e. The molecule has 1 aromatic carbocycles. The van der Waals surface area contributed by atoms with Crippen LogP contribution in [-0.4, -0.2) is 11.7 Å². The first kappa shape index (κ1) is 8.70. The third kappa shape index (κ3) is 1.89. The van der Waals surface area contributed by atoms with Crippen LogP contribution in [0.15, 0.2) is 24.3 Å². The number of hydrogen-bond acceptors (Lipinski definition) is 1. The van der Waals surface area contributed by atoms with Gasteiger partial charge in [0.25, 0.3) is 0 Å². The highest BCUT2D eigenvalue weighted by molar-refractivity contribution is 5.26. The van der Waals surface area contributed by atoms with Crippen LogP contribution < -0.4 is 0 Å². The topological polar surface area (TPSA) is 20.2 Å². The molecule has 0 aromatic heterocycles. The summed E-state index contributed by atoms with van der Waals surface area (Å²) in [5.74, 6) is 1.01. The summed E-state index contributed by atoms with van der Waals surface area (Å²) in [7, 11) is 0. The van der Waals surface area contributed by atoms with Crippen molar-refractivity contribution >= 4 is 0 Å². The first-order valence-electron chi connectivity index (χ1n) is 4.67. The molecule has 1 aromatic rings. The van der Waals surface area contributed by atoms with Crippen LogP contribution in [0.1, 0.15) is 24.3 Å². The SMILES string of the molecule is OCCC1CC1c1ccc(F)cc1. The molecule has 13 heavy (non-hydrogen) atoms. The Labute approximate surface area is 77.2 Å². The van der Waals surface area contributed by atoms with Crippen LogP contribution in [0.25, 0.3) is 0 Å². The van der Waals surface area contributed by atoms with Crippen molar-refractivity contribution in [2.45, 2.75) is 18.8 Å². The van der Waals surface area contributed by atoms with Crippen molar-refractivity contribution in [2.75, 3.05) is 6.61 Å². The summed E-state index contributed by atoms with van der Waals surface area (Å²) >= 11 is 0. The second-order valence-electron chi connectivity index (χ2n) is 3.67. The van der Waals surface area contributed by atoms with Gasteiger partial charge in [-0.05, 0) is 42.4 Å². The van der Waals surface area contributed by atoms with E-state index in [1.807, 2.05) is 12.1 Å². The predicted molar refractivity (Wildman–Crippen MR) is 49.0 cm³/mol. The molecule has 2 rings (SSSR count). The number of aliphatic hydroxyl groups excluding tert-OH is 1. The molecule has 0 bridgehead atoms. The van der Waals surface area contributed by atoms with Crippen LogP contribution in [0.2, 0.25) is 0 Å². The molecule has 2 heteroatoms. The van der Waals surface area contributed by atoms with Gasteiger partial charge in [-0.25, -0.2) is 4.39 Å². The maximum Gasteiger partial charge on any atom is 0.123 e. The van der Waals surface area contributed by atoms with Gasteiger partial charge in [0.2, 0.25) is 0 Å². The van der Waals surface area contributed by atoms with E-state index in [-0.39, 0.29) is 12.4 Å². The molecule has 0 amide bonds. The molecule has 1 N–H and O–H groups in total. The highest BCUT2D eigenvalue weighted by atomic mass is 19.1. The van der Waals surface area contributed by atoms with Crippen LogP contribution in [0.5, 0.6) is 0 Å². The Morgan fingerprint density at radius 3 is 2.62 bits per heavy atom. The lowest BCUT2D eigenvalue weighted by Gasteiger charge is -1.98. The number of aliphatic hydroxyl groups is 1. The van der Waals surface area contributed by atoms with Crippen LogP contribution in [-0.2, 0) is 0 Å². The normalized spacial score (nSPS) is 26.0. The van der Waals surface area contributed by atoms with Gasteiger partial charge in [-0.3, -0.25) is 0 Å². The lowest BCUT2D eigenvalue weighted by Crippen LogP contribution is -1.88. The first-order chi connectivity index (χ1) is 6.31. The summed E-state index contributed by atoms with van der Waals surface area (Å²) in [6.45, 7) is 0.266. The Morgan fingerprint density at radius 2 is 2.00 bits per heavy atom. The van der Waals surface area contributed by atoms with E-state index in [0.29, 0.717) is 11.8 Å². The number of halogens is 1. The van der Waals surface area contributed by atoms with E-state index in [9.17, 15) is 4.39 Å². The Hall–Kier alpha value is -0.890. The fourth-order valence-electron chi connectivity index (χ4n) is 1.85. The lowest BCUT2D eigenvalue weighted by molar-refractivity contribution is 0.279. The van der Waals surface area contributed by atoms with Crippen molar-refractivity contribution in [3.05, 3.63) is 35.6 Å². The molecule has 2 unspecified atom stereocenters. The molecule has 0 spiro atoms. The van der Waals surface area contributed by atoms with Crippen LogP contribution in [0.3, 0.4) is 0 Å². The predicted octanol–water partition coefficient (Wildman–Crippen LogP) is 2.31. The number of benzene rings is 1. The monoisotopic (exact) mass is 180 g/mol. The summed E-state index contributed by atoms with van der Waals surface area (Å²) in [4.78, 5) is 0. The minimum atomic E-state index is -0.178. The number of rotatable bonds is 3. The van der Waals surface area contributed by atoms with Gasteiger partial charge in [-0.15, -0.1) is 0 Å². The quantitative estimate of drug-likeness (QED) is 0.756. The fourth-order valence-corrected chi connectivity index (χ4v) is 1.85. The summed E-state index contributed by atoms with van der Waals surface area (Å²) in [6, 6.07) is 6.70. The maximum absolute atomic E-state index is 12.6. The summed E-state index contributed by atoms with van der Waals surface area (Å²) in [5.41, 5.74) is 1.21. The van der Waals surface area contributed by atoms with Crippen molar-refractivity contribution in [1.29, 1.82) is 0 Å². The molecule has 1 saturated carbocycles. The van der Waals surface area contributed by atoms with E-state index in [1.165, 1.54) is 17.7 Å².